The SMILES string of the molecule is CCN(Cc1cccc(-c2ccnc(NCCc3ccc(O)c(C)c3)n2)c1)CC(C)C. The maximum Gasteiger partial charge on any atom is 0.223 e. The molecule has 2 N–H and O–H groups in total. The van der Waals surface area contributed by atoms with Gasteiger partial charge in [0.05, 0.1) is 5.69 Å². The van der Waals surface area contributed by atoms with Gasteiger partial charge >= 0.3 is 0 Å². The van der Waals surface area contributed by atoms with Crippen LogP contribution in [0.4, 0.5) is 5.95 Å². The molecule has 164 valence electrons. The van der Waals surface area contributed by atoms with Crippen LogP contribution in [0.25, 0.3) is 11.3 Å². The van der Waals surface area contributed by atoms with E-state index in [2.05, 4.69) is 60.2 Å². The number of hydrogen-bond donors (Lipinski definition) is 2. The van der Waals surface area contributed by atoms with Gasteiger partial charge in [-0.05, 0) is 60.7 Å². The van der Waals surface area contributed by atoms with Gasteiger partial charge < -0.3 is 10.4 Å². The molecule has 0 saturated heterocycles. The first kappa shape index (κ1) is 22.8. The Kier molecular flexibility index (Phi) is 8.01. The quantitative estimate of drug-likeness (QED) is 0.468. The second-order valence-electron chi connectivity index (χ2n) is 8.49. The predicted molar refractivity (Wildman–Crippen MR) is 128 cm³/mol. The fourth-order valence-electron chi connectivity index (χ4n) is 3.71. The second kappa shape index (κ2) is 10.9. The predicted octanol–water partition coefficient (Wildman–Crippen LogP) is 5.29. The van der Waals surface area contributed by atoms with Gasteiger partial charge in [-0.2, -0.15) is 0 Å². The number of anilines is 1. The van der Waals surface area contributed by atoms with Gasteiger partial charge in [-0.1, -0.05) is 51.1 Å². The fourth-order valence-corrected chi connectivity index (χ4v) is 3.71. The number of hydrogen-bond acceptors (Lipinski definition) is 5. The molecular weight excluding hydrogens is 384 g/mol. The van der Waals surface area contributed by atoms with Crippen LogP contribution in [0.1, 0.15) is 37.5 Å². The zero-order valence-electron chi connectivity index (χ0n) is 19.1. The molecule has 0 radical (unpaired) electrons. The smallest absolute Gasteiger partial charge is 0.223 e. The Morgan fingerprint density at radius 3 is 2.65 bits per heavy atom. The second-order valence-corrected chi connectivity index (χ2v) is 8.49. The van der Waals surface area contributed by atoms with Crippen molar-refractivity contribution in [2.75, 3.05) is 25.0 Å². The summed E-state index contributed by atoms with van der Waals surface area (Å²) in [5.74, 6) is 1.62. The number of aromatic nitrogens is 2. The lowest BCUT2D eigenvalue weighted by Crippen LogP contribution is -2.27. The highest BCUT2D eigenvalue weighted by molar-refractivity contribution is 5.61. The van der Waals surface area contributed by atoms with Crippen LogP contribution >= 0.6 is 0 Å². The van der Waals surface area contributed by atoms with Crippen molar-refractivity contribution >= 4 is 5.95 Å². The van der Waals surface area contributed by atoms with Crippen molar-refractivity contribution in [1.82, 2.24) is 14.9 Å². The van der Waals surface area contributed by atoms with Crippen LogP contribution in [-0.4, -0.2) is 39.6 Å². The normalized spacial score (nSPS) is 11.3. The number of phenols is 1. The van der Waals surface area contributed by atoms with Crippen LogP contribution in [0, 0.1) is 12.8 Å². The van der Waals surface area contributed by atoms with E-state index in [0.29, 0.717) is 17.6 Å². The fraction of sp³-hybridized carbons (Fsp3) is 0.385. The summed E-state index contributed by atoms with van der Waals surface area (Å²) >= 11 is 0. The Labute approximate surface area is 186 Å². The average molecular weight is 419 g/mol. The molecule has 2 aromatic carbocycles. The van der Waals surface area contributed by atoms with Gasteiger partial charge in [-0.3, -0.25) is 4.90 Å². The summed E-state index contributed by atoms with van der Waals surface area (Å²) in [6.45, 7) is 12.5. The number of phenolic OH excluding ortho intramolecular Hbond substituents is 1. The largest absolute Gasteiger partial charge is 0.508 e. The van der Waals surface area contributed by atoms with Gasteiger partial charge in [-0.25, -0.2) is 9.97 Å². The molecule has 0 spiro atoms. The molecule has 0 amide bonds. The van der Waals surface area contributed by atoms with Gasteiger partial charge in [0.25, 0.3) is 0 Å². The van der Waals surface area contributed by atoms with E-state index >= 15 is 0 Å². The number of benzene rings is 2. The number of nitrogens with zero attached hydrogens (tertiary/aromatic N) is 3. The number of nitrogens with one attached hydrogen (secondary N) is 1. The van der Waals surface area contributed by atoms with Crippen LogP contribution in [0.15, 0.2) is 54.7 Å². The van der Waals surface area contributed by atoms with Crippen molar-refractivity contribution in [3.8, 4) is 17.0 Å². The highest BCUT2D eigenvalue weighted by atomic mass is 16.3. The molecule has 5 heteroatoms. The molecule has 0 bridgehead atoms. The third-order valence-electron chi connectivity index (χ3n) is 5.31. The van der Waals surface area contributed by atoms with E-state index in [1.54, 1.807) is 12.3 Å². The van der Waals surface area contributed by atoms with Crippen molar-refractivity contribution in [2.24, 2.45) is 5.92 Å². The van der Waals surface area contributed by atoms with Gasteiger partial charge in [0.1, 0.15) is 5.75 Å². The summed E-state index contributed by atoms with van der Waals surface area (Å²) in [6, 6.07) is 16.3. The zero-order valence-corrected chi connectivity index (χ0v) is 19.1. The van der Waals surface area contributed by atoms with Crippen LogP contribution in [0.5, 0.6) is 5.75 Å². The number of aryl methyl sites for hydroxylation is 1. The Morgan fingerprint density at radius 1 is 1.06 bits per heavy atom. The molecule has 0 fully saturated rings. The lowest BCUT2D eigenvalue weighted by molar-refractivity contribution is 0.248. The maximum absolute atomic E-state index is 9.67. The average Bonchev–Trinajstić information content (AvgIpc) is 2.76. The third kappa shape index (κ3) is 6.79. The summed E-state index contributed by atoms with van der Waals surface area (Å²) < 4.78 is 0. The summed E-state index contributed by atoms with van der Waals surface area (Å²) in [5.41, 5.74) is 5.40. The minimum absolute atomic E-state index is 0.334. The van der Waals surface area contributed by atoms with Gasteiger partial charge in [0.2, 0.25) is 5.95 Å². The highest BCUT2D eigenvalue weighted by Crippen LogP contribution is 2.21. The molecule has 0 unspecified atom stereocenters. The van der Waals surface area contributed by atoms with E-state index in [-0.39, 0.29) is 0 Å². The maximum atomic E-state index is 9.67. The summed E-state index contributed by atoms with van der Waals surface area (Å²) in [6.07, 6.45) is 2.64. The summed E-state index contributed by atoms with van der Waals surface area (Å²) in [4.78, 5) is 11.6. The third-order valence-corrected chi connectivity index (χ3v) is 5.31. The molecule has 0 aliphatic heterocycles. The van der Waals surface area contributed by atoms with Crippen molar-refractivity contribution in [2.45, 2.75) is 40.7 Å². The molecule has 1 heterocycles. The molecule has 0 atom stereocenters. The first-order valence-corrected chi connectivity index (χ1v) is 11.1. The number of aromatic hydroxyl groups is 1. The number of rotatable bonds is 10. The van der Waals surface area contributed by atoms with E-state index in [9.17, 15) is 5.11 Å². The van der Waals surface area contributed by atoms with Crippen molar-refractivity contribution in [1.29, 1.82) is 0 Å². The van der Waals surface area contributed by atoms with E-state index in [4.69, 9.17) is 4.98 Å². The first-order valence-electron chi connectivity index (χ1n) is 11.1. The molecule has 5 nitrogen and oxygen atoms in total. The standard InChI is InChI=1S/C26H34N4O/c1-5-30(17-19(2)3)18-22-7-6-8-23(16-22)24-12-14-28-26(29-24)27-13-11-21-9-10-25(31)20(4)15-21/h6-10,12,14-16,19,31H,5,11,13,17-18H2,1-4H3,(H,27,28,29). The van der Waals surface area contributed by atoms with E-state index < -0.39 is 0 Å². The van der Waals surface area contributed by atoms with Crippen LogP contribution in [0.2, 0.25) is 0 Å². The van der Waals surface area contributed by atoms with Crippen LogP contribution in [0.3, 0.4) is 0 Å². The van der Waals surface area contributed by atoms with E-state index in [0.717, 1.165) is 49.4 Å². The minimum atomic E-state index is 0.334. The Morgan fingerprint density at radius 2 is 1.90 bits per heavy atom. The molecule has 0 aliphatic carbocycles. The van der Waals surface area contributed by atoms with Crippen molar-refractivity contribution in [3.63, 3.8) is 0 Å². The zero-order chi connectivity index (χ0) is 22.2. The Bertz CT molecular complexity index is 987. The van der Waals surface area contributed by atoms with E-state index in [1.165, 1.54) is 11.1 Å². The van der Waals surface area contributed by atoms with Crippen LogP contribution < -0.4 is 5.32 Å². The molecule has 0 aliphatic rings. The van der Waals surface area contributed by atoms with Gasteiger partial charge in [0, 0.05) is 31.4 Å². The first-order chi connectivity index (χ1) is 14.9. The highest BCUT2D eigenvalue weighted by Gasteiger charge is 2.08. The summed E-state index contributed by atoms with van der Waals surface area (Å²) in [7, 11) is 0. The van der Waals surface area contributed by atoms with Gasteiger partial charge in [0.15, 0.2) is 0 Å². The van der Waals surface area contributed by atoms with Crippen molar-refractivity contribution in [3.05, 3.63) is 71.4 Å². The van der Waals surface area contributed by atoms with Crippen LogP contribution in [-0.2, 0) is 13.0 Å². The molecule has 0 saturated carbocycles. The minimum Gasteiger partial charge on any atom is -0.508 e. The Hall–Kier alpha value is -2.92. The van der Waals surface area contributed by atoms with Gasteiger partial charge in [-0.15, -0.1) is 0 Å². The molecule has 1 aromatic heterocycles. The Balaban J connectivity index is 1.64. The topological polar surface area (TPSA) is 61.3 Å². The summed E-state index contributed by atoms with van der Waals surface area (Å²) in [5, 5.41) is 13.0. The monoisotopic (exact) mass is 418 g/mol. The lowest BCUT2D eigenvalue weighted by Gasteiger charge is -2.22. The van der Waals surface area contributed by atoms with E-state index in [1.807, 2.05) is 25.1 Å². The molecule has 3 aromatic rings. The van der Waals surface area contributed by atoms with Crippen molar-refractivity contribution < 1.29 is 5.11 Å². The molecule has 3 rings (SSSR count). The molecular formula is C26H34N4O. The lowest BCUT2D eigenvalue weighted by atomic mass is 10.1. The molecule has 31 heavy (non-hydrogen) atoms.